The van der Waals surface area contributed by atoms with E-state index in [2.05, 4.69) is 31.6 Å². The van der Waals surface area contributed by atoms with E-state index in [1.807, 2.05) is 0 Å². The number of anilines is 4. The number of benzene rings is 4. The summed E-state index contributed by atoms with van der Waals surface area (Å²) in [4.78, 5) is 8.24. The van der Waals surface area contributed by atoms with Gasteiger partial charge >= 0.3 is 0 Å². The highest BCUT2D eigenvalue weighted by Gasteiger charge is 2.19. The first-order valence-corrected chi connectivity index (χ1v) is 18.5. The molecule has 0 aliphatic rings. The van der Waals surface area contributed by atoms with Crippen LogP contribution in [0.2, 0.25) is 0 Å². The van der Waals surface area contributed by atoms with Gasteiger partial charge in [0.15, 0.2) is 0 Å². The maximum atomic E-state index is 12.3. The highest BCUT2D eigenvalue weighted by atomic mass is 32.2. The van der Waals surface area contributed by atoms with Crippen molar-refractivity contribution in [1.29, 1.82) is 10.5 Å². The third-order valence-electron chi connectivity index (χ3n) is 7.67. The van der Waals surface area contributed by atoms with Gasteiger partial charge < -0.3 is 4.74 Å². The third kappa shape index (κ3) is 9.26. The predicted octanol–water partition coefficient (Wildman–Crippen LogP) is 3.79. The summed E-state index contributed by atoms with van der Waals surface area (Å²) in [5, 5.41) is 32.9. The van der Waals surface area contributed by atoms with Crippen LogP contribution in [0.4, 0.5) is 22.7 Å². The van der Waals surface area contributed by atoms with E-state index >= 15 is 0 Å². The molecular formula is C34H30N12O5S2. The normalized spacial score (nSPS) is 11.2. The molecule has 2 heterocycles. The largest absolute Gasteiger partial charge is 0.457 e. The summed E-state index contributed by atoms with van der Waals surface area (Å²) in [6.45, 7) is 0.258. The molecule has 6 N–H and O–H groups in total. The first-order chi connectivity index (χ1) is 25.4. The molecule has 0 saturated heterocycles. The standard InChI is InChI=1S/C34H30N12O5S2/c35-19-25-1-7-29(8-2-25)45(43-15-13-39-23-43)21-27-5-11-31(17-33(27)41-52(37,47)48)51-32-12-6-28(34(18-32)42-53(38,49)50)22-46(44-16-14-40-24-44)30-9-3-26(20-36)4-10-30/h1-18,23-24,41-42H,21-22H2,(H2,37,47,48)(H2,38,49,50). The molecule has 0 saturated carbocycles. The van der Waals surface area contributed by atoms with E-state index < -0.39 is 20.4 Å². The average molecular weight is 751 g/mol. The lowest BCUT2D eigenvalue weighted by atomic mass is 10.1. The number of imidazole rings is 2. The van der Waals surface area contributed by atoms with Gasteiger partial charge in [-0.25, -0.2) is 29.6 Å². The summed E-state index contributed by atoms with van der Waals surface area (Å²) in [6, 6.07) is 27.2. The zero-order chi connectivity index (χ0) is 37.6. The highest BCUT2D eigenvalue weighted by Crippen LogP contribution is 2.33. The lowest BCUT2D eigenvalue weighted by Gasteiger charge is -2.27. The van der Waals surface area contributed by atoms with E-state index in [0.29, 0.717) is 33.6 Å². The smallest absolute Gasteiger partial charge is 0.296 e. The second-order valence-electron chi connectivity index (χ2n) is 11.4. The lowest BCUT2D eigenvalue weighted by molar-refractivity contribution is 0.482. The monoisotopic (exact) mass is 750 g/mol. The van der Waals surface area contributed by atoms with Gasteiger partial charge in [0.25, 0.3) is 20.4 Å². The Bertz CT molecular complexity index is 2340. The van der Waals surface area contributed by atoms with Gasteiger partial charge in [-0.3, -0.25) is 19.5 Å². The summed E-state index contributed by atoms with van der Waals surface area (Å²) < 4.78 is 63.2. The fraction of sp³-hybridized carbons (Fsp3) is 0.0588. The van der Waals surface area contributed by atoms with Crippen molar-refractivity contribution < 1.29 is 21.6 Å². The van der Waals surface area contributed by atoms with Crippen molar-refractivity contribution in [3.05, 3.63) is 145 Å². The molecule has 17 nitrogen and oxygen atoms in total. The highest BCUT2D eigenvalue weighted by molar-refractivity contribution is 7.90. The first kappa shape index (κ1) is 35.9. The Kier molecular flexibility index (Phi) is 10.3. The molecule has 0 bridgehead atoms. The van der Waals surface area contributed by atoms with Crippen molar-refractivity contribution in [3.63, 3.8) is 0 Å². The van der Waals surface area contributed by atoms with Gasteiger partial charge in [0, 0.05) is 36.9 Å². The second-order valence-corrected chi connectivity index (χ2v) is 13.9. The van der Waals surface area contributed by atoms with Crippen molar-refractivity contribution in [2.45, 2.75) is 13.1 Å². The Morgan fingerprint density at radius 1 is 0.642 bits per heavy atom. The van der Waals surface area contributed by atoms with Crippen LogP contribution in [-0.2, 0) is 33.5 Å². The maximum Gasteiger partial charge on any atom is 0.296 e. The first-order valence-electron chi connectivity index (χ1n) is 15.4. The number of nitrogens with one attached hydrogen (secondary N) is 2. The molecular weight excluding hydrogens is 721 g/mol. The van der Waals surface area contributed by atoms with Gasteiger partial charge in [0.1, 0.15) is 24.2 Å². The van der Waals surface area contributed by atoms with Crippen LogP contribution in [-0.4, -0.2) is 36.2 Å². The van der Waals surface area contributed by atoms with Gasteiger partial charge in [0.05, 0.1) is 59.1 Å². The number of hydrogen-bond donors (Lipinski definition) is 4. The van der Waals surface area contributed by atoms with Gasteiger partial charge in [-0.05, 0) is 71.8 Å². The van der Waals surface area contributed by atoms with Crippen molar-refractivity contribution in [3.8, 4) is 23.6 Å². The van der Waals surface area contributed by atoms with Crippen LogP contribution in [0.15, 0.2) is 122 Å². The Labute approximate surface area is 304 Å². The number of hydrogen-bond acceptors (Lipinski definition) is 11. The molecule has 53 heavy (non-hydrogen) atoms. The molecule has 19 heteroatoms. The van der Waals surface area contributed by atoms with Gasteiger partial charge in [0.2, 0.25) is 0 Å². The van der Waals surface area contributed by atoms with Crippen molar-refractivity contribution in [1.82, 2.24) is 19.3 Å². The lowest BCUT2D eigenvalue weighted by Crippen LogP contribution is -2.29. The number of nitrogens with zero attached hydrogens (tertiary/aromatic N) is 8. The van der Waals surface area contributed by atoms with E-state index in [1.165, 1.54) is 12.1 Å². The molecule has 0 aliphatic heterocycles. The molecule has 0 radical (unpaired) electrons. The molecule has 0 fully saturated rings. The molecule has 6 rings (SSSR count). The van der Waals surface area contributed by atoms with E-state index in [-0.39, 0.29) is 36.0 Å². The summed E-state index contributed by atoms with van der Waals surface area (Å²) in [5.41, 5.74) is 3.53. The third-order valence-corrected chi connectivity index (χ3v) is 8.68. The number of nitrogens with two attached hydrogens (primary N) is 2. The predicted molar refractivity (Wildman–Crippen MR) is 196 cm³/mol. The van der Waals surface area contributed by atoms with Gasteiger partial charge in [-0.1, -0.05) is 12.1 Å². The molecule has 0 atom stereocenters. The minimum Gasteiger partial charge on any atom is -0.457 e. The van der Waals surface area contributed by atoms with Crippen molar-refractivity contribution in [2.75, 3.05) is 19.5 Å². The van der Waals surface area contributed by atoms with Crippen molar-refractivity contribution >= 4 is 43.2 Å². The fourth-order valence-corrected chi connectivity index (χ4v) is 6.28. The minimum absolute atomic E-state index is 0.113. The number of rotatable bonds is 14. The molecule has 0 amide bonds. The fourth-order valence-electron chi connectivity index (χ4n) is 5.29. The topological polar surface area (TPSA) is 243 Å². The van der Waals surface area contributed by atoms with Crippen LogP contribution in [0.5, 0.6) is 11.5 Å². The SMILES string of the molecule is N#Cc1ccc(N(Cc2ccc(Oc3ccc(CN(c4ccc(C#N)cc4)n4ccnc4)c(NS(N)(=O)=O)c3)cc2NS(N)(=O)=O)n2ccnc2)cc1. The summed E-state index contributed by atoms with van der Waals surface area (Å²) in [5.74, 6) is 0.388. The average Bonchev–Trinajstić information content (AvgIpc) is 3.86. The van der Waals surface area contributed by atoms with Crippen LogP contribution < -0.4 is 34.5 Å². The van der Waals surface area contributed by atoms with Crippen LogP contribution in [0.25, 0.3) is 0 Å². The van der Waals surface area contributed by atoms with Gasteiger partial charge in [-0.15, -0.1) is 0 Å². The zero-order valence-electron chi connectivity index (χ0n) is 27.6. The van der Waals surface area contributed by atoms with Crippen LogP contribution in [0.1, 0.15) is 22.3 Å². The van der Waals surface area contributed by atoms with E-state index in [9.17, 15) is 27.4 Å². The van der Waals surface area contributed by atoms with Crippen molar-refractivity contribution in [2.24, 2.45) is 10.3 Å². The molecule has 0 unspecified atom stereocenters. The summed E-state index contributed by atoms with van der Waals surface area (Å²) >= 11 is 0. The number of aromatic nitrogens is 4. The van der Waals surface area contributed by atoms with E-state index in [1.54, 1.807) is 130 Å². The molecule has 6 aromatic rings. The van der Waals surface area contributed by atoms with Gasteiger partial charge in [-0.2, -0.15) is 27.4 Å². The minimum atomic E-state index is -4.24. The summed E-state index contributed by atoms with van der Waals surface area (Å²) in [7, 11) is -8.48. The quantitative estimate of drug-likeness (QED) is 0.125. The molecule has 0 spiro atoms. The summed E-state index contributed by atoms with van der Waals surface area (Å²) in [6.07, 6.45) is 9.72. The maximum absolute atomic E-state index is 12.3. The second kappa shape index (κ2) is 15.1. The van der Waals surface area contributed by atoms with Crippen LogP contribution in [0.3, 0.4) is 0 Å². The molecule has 268 valence electrons. The Balaban J connectivity index is 1.32. The Morgan fingerprint density at radius 3 is 1.36 bits per heavy atom. The number of nitriles is 2. The number of ether oxygens (including phenoxy) is 1. The Morgan fingerprint density at radius 2 is 1.04 bits per heavy atom. The zero-order valence-corrected chi connectivity index (χ0v) is 29.2. The van der Waals surface area contributed by atoms with E-state index in [4.69, 9.17) is 15.0 Å². The molecule has 0 aliphatic carbocycles. The van der Waals surface area contributed by atoms with E-state index in [0.717, 1.165) is 0 Å². The Hall–Kier alpha value is -6.90. The van der Waals surface area contributed by atoms with Crippen LogP contribution in [0, 0.1) is 22.7 Å². The van der Waals surface area contributed by atoms with Crippen LogP contribution >= 0.6 is 0 Å². The molecule has 4 aromatic carbocycles. The molecule has 2 aromatic heterocycles.